The van der Waals surface area contributed by atoms with Crippen molar-refractivity contribution in [3.8, 4) is 0 Å². The van der Waals surface area contributed by atoms with Gasteiger partial charge in [-0.05, 0) is 31.0 Å². The van der Waals surface area contributed by atoms with Crippen LogP contribution in [0.3, 0.4) is 0 Å². The van der Waals surface area contributed by atoms with Crippen LogP contribution in [0, 0.1) is 0 Å². The average molecular weight is 303 g/mol. The predicted octanol–water partition coefficient (Wildman–Crippen LogP) is 4.60. The standard InChI is InChI=1S/C14H16Cl2O3/c15-10-7-8-11(12(16)9-10)13(17)5-3-1-2-4-6-14(18)19/h7-9H,1-6H2,(H,18,19). The molecule has 3 nitrogen and oxygen atoms in total. The third-order valence-electron chi connectivity index (χ3n) is 2.78. The summed E-state index contributed by atoms with van der Waals surface area (Å²) in [6, 6.07) is 4.84. The summed E-state index contributed by atoms with van der Waals surface area (Å²) in [7, 11) is 0. The number of carboxylic acid groups (broad SMARTS) is 1. The van der Waals surface area contributed by atoms with Gasteiger partial charge in [-0.3, -0.25) is 9.59 Å². The number of halogens is 2. The van der Waals surface area contributed by atoms with Gasteiger partial charge in [0.25, 0.3) is 0 Å². The summed E-state index contributed by atoms with van der Waals surface area (Å²) >= 11 is 11.7. The molecule has 1 aromatic rings. The lowest BCUT2D eigenvalue weighted by atomic mass is 10.0. The van der Waals surface area contributed by atoms with E-state index in [4.69, 9.17) is 28.3 Å². The number of carboxylic acids is 1. The SMILES string of the molecule is O=C(O)CCCCCCC(=O)c1ccc(Cl)cc1Cl. The molecule has 0 saturated heterocycles. The van der Waals surface area contributed by atoms with Crippen molar-refractivity contribution in [2.45, 2.75) is 38.5 Å². The van der Waals surface area contributed by atoms with Crippen molar-refractivity contribution >= 4 is 35.0 Å². The van der Waals surface area contributed by atoms with Gasteiger partial charge in [-0.25, -0.2) is 0 Å². The predicted molar refractivity (Wildman–Crippen MR) is 76.1 cm³/mol. The number of hydrogen-bond donors (Lipinski definition) is 1. The van der Waals surface area contributed by atoms with Gasteiger partial charge in [-0.2, -0.15) is 0 Å². The van der Waals surface area contributed by atoms with E-state index in [9.17, 15) is 9.59 Å². The fraction of sp³-hybridized carbons (Fsp3) is 0.429. The van der Waals surface area contributed by atoms with Crippen LogP contribution in [0.4, 0.5) is 0 Å². The highest BCUT2D eigenvalue weighted by atomic mass is 35.5. The van der Waals surface area contributed by atoms with Gasteiger partial charge in [-0.1, -0.05) is 36.0 Å². The van der Waals surface area contributed by atoms with Crippen molar-refractivity contribution in [2.24, 2.45) is 0 Å². The summed E-state index contributed by atoms with van der Waals surface area (Å²) in [4.78, 5) is 22.2. The topological polar surface area (TPSA) is 54.4 Å². The molecule has 0 heterocycles. The lowest BCUT2D eigenvalue weighted by Crippen LogP contribution is -2.00. The summed E-state index contributed by atoms with van der Waals surface area (Å²) in [5, 5.41) is 9.37. The van der Waals surface area contributed by atoms with E-state index < -0.39 is 5.97 Å². The molecule has 0 aliphatic carbocycles. The Morgan fingerprint density at radius 3 is 2.21 bits per heavy atom. The Kier molecular flexibility index (Phi) is 6.89. The second kappa shape index (κ2) is 8.18. The van der Waals surface area contributed by atoms with Crippen LogP contribution in [0.15, 0.2) is 18.2 Å². The molecule has 19 heavy (non-hydrogen) atoms. The van der Waals surface area contributed by atoms with Gasteiger partial charge in [0.1, 0.15) is 0 Å². The van der Waals surface area contributed by atoms with Gasteiger partial charge in [0, 0.05) is 23.4 Å². The number of hydrogen-bond acceptors (Lipinski definition) is 2. The molecular weight excluding hydrogens is 287 g/mol. The minimum atomic E-state index is -0.774. The molecule has 0 bridgehead atoms. The van der Waals surface area contributed by atoms with Crippen molar-refractivity contribution in [3.63, 3.8) is 0 Å². The minimum Gasteiger partial charge on any atom is -0.481 e. The van der Waals surface area contributed by atoms with Crippen LogP contribution < -0.4 is 0 Å². The number of aliphatic carboxylic acids is 1. The van der Waals surface area contributed by atoms with Gasteiger partial charge in [0.15, 0.2) is 5.78 Å². The smallest absolute Gasteiger partial charge is 0.303 e. The maximum atomic E-state index is 11.9. The number of ketones is 1. The van der Waals surface area contributed by atoms with E-state index in [2.05, 4.69) is 0 Å². The highest BCUT2D eigenvalue weighted by Crippen LogP contribution is 2.22. The number of rotatable bonds is 8. The van der Waals surface area contributed by atoms with Gasteiger partial charge in [-0.15, -0.1) is 0 Å². The molecule has 1 rings (SSSR count). The molecule has 0 amide bonds. The van der Waals surface area contributed by atoms with E-state index in [1.165, 1.54) is 0 Å². The Labute approximate surface area is 122 Å². The molecule has 0 spiro atoms. The molecule has 0 aromatic heterocycles. The van der Waals surface area contributed by atoms with E-state index in [0.717, 1.165) is 19.3 Å². The van der Waals surface area contributed by atoms with E-state index >= 15 is 0 Å². The summed E-state index contributed by atoms with van der Waals surface area (Å²) < 4.78 is 0. The maximum absolute atomic E-state index is 11.9. The Hall–Kier alpha value is -1.06. The number of carbonyl (C=O) groups is 2. The third-order valence-corrected chi connectivity index (χ3v) is 3.32. The first-order chi connectivity index (χ1) is 9.00. The molecule has 104 valence electrons. The molecule has 0 saturated carbocycles. The average Bonchev–Trinajstić information content (AvgIpc) is 2.32. The van der Waals surface area contributed by atoms with Crippen molar-refractivity contribution in [1.29, 1.82) is 0 Å². The zero-order valence-electron chi connectivity index (χ0n) is 10.5. The van der Waals surface area contributed by atoms with Crippen molar-refractivity contribution in [2.75, 3.05) is 0 Å². The number of unbranched alkanes of at least 4 members (excludes halogenated alkanes) is 3. The lowest BCUT2D eigenvalue weighted by molar-refractivity contribution is -0.137. The third kappa shape index (κ3) is 6.08. The summed E-state index contributed by atoms with van der Waals surface area (Å²) in [5.41, 5.74) is 0.497. The first kappa shape index (κ1) is 16.0. The zero-order chi connectivity index (χ0) is 14.3. The fourth-order valence-corrected chi connectivity index (χ4v) is 2.28. The summed E-state index contributed by atoms with van der Waals surface area (Å²) in [6.07, 6.45) is 3.70. The minimum absolute atomic E-state index is 0.0000914. The van der Waals surface area contributed by atoms with Gasteiger partial charge in [0.2, 0.25) is 0 Å². The lowest BCUT2D eigenvalue weighted by Gasteiger charge is -2.04. The molecule has 0 aliphatic heterocycles. The van der Waals surface area contributed by atoms with Crippen molar-refractivity contribution in [3.05, 3.63) is 33.8 Å². The van der Waals surface area contributed by atoms with Gasteiger partial charge in [0.05, 0.1) is 5.02 Å². The van der Waals surface area contributed by atoms with Crippen LogP contribution in [0.1, 0.15) is 48.9 Å². The maximum Gasteiger partial charge on any atom is 0.303 e. The second-order valence-electron chi connectivity index (χ2n) is 4.36. The van der Waals surface area contributed by atoms with Crippen LogP contribution >= 0.6 is 23.2 Å². The monoisotopic (exact) mass is 302 g/mol. The van der Waals surface area contributed by atoms with E-state index in [1.54, 1.807) is 18.2 Å². The molecule has 0 aliphatic rings. The van der Waals surface area contributed by atoms with E-state index in [1.807, 2.05) is 0 Å². The van der Waals surface area contributed by atoms with Crippen molar-refractivity contribution < 1.29 is 14.7 Å². The van der Waals surface area contributed by atoms with Crippen LogP contribution in [0.25, 0.3) is 0 Å². The highest BCUT2D eigenvalue weighted by Gasteiger charge is 2.10. The van der Waals surface area contributed by atoms with Crippen LogP contribution in [0.5, 0.6) is 0 Å². The molecular formula is C14H16Cl2O3. The summed E-state index contributed by atoms with van der Waals surface area (Å²) in [6.45, 7) is 0. The molecule has 0 fully saturated rings. The van der Waals surface area contributed by atoms with Crippen LogP contribution in [0.2, 0.25) is 10.0 Å². The Morgan fingerprint density at radius 2 is 1.63 bits per heavy atom. The van der Waals surface area contributed by atoms with Gasteiger partial charge < -0.3 is 5.11 Å². The summed E-state index contributed by atoms with van der Waals surface area (Å²) in [5.74, 6) is -0.774. The first-order valence-corrected chi connectivity index (χ1v) is 6.96. The highest BCUT2D eigenvalue weighted by molar-refractivity contribution is 6.36. The van der Waals surface area contributed by atoms with Crippen LogP contribution in [-0.2, 0) is 4.79 Å². The molecule has 5 heteroatoms. The molecule has 1 aromatic carbocycles. The van der Waals surface area contributed by atoms with Crippen molar-refractivity contribution in [1.82, 2.24) is 0 Å². The van der Waals surface area contributed by atoms with E-state index in [0.29, 0.717) is 28.5 Å². The molecule has 0 radical (unpaired) electrons. The normalized spacial score (nSPS) is 10.4. The van der Waals surface area contributed by atoms with Crippen LogP contribution in [-0.4, -0.2) is 16.9 Å². The molecule has 0 unspecified atom stereocenters. The zero-order valence-corrected chi connectivity index (χ0v) is 12.0. The number of Topliss-reactive ketones (excluding diaryl/α,β-unsaturated/α-hetero) is 1. The fourth-order valence-electron chi connectivity index (χ4n) is 1.77. The second-order valence-corrected chi connectivity index (χ2v) is 5.20. The molecule has 0 atom stereocenters. The Morgan fingerprint density at radius 1 is 1.00 bits per heavy atom. The number of carbonyl (C=O) groups excluding carboxylic acids is 1. The van der Waals surface area contributed by atoms with E-state index in [-0.39, 0.29) is 12.2 Å². The van der Waals surface area contributed by atoms with Gasteiger partial charge >= 0.3 is 5.97 Å². The number of benzene rings is 1. The quantitative estimate of drug-likeness (QED) is 0.564. The first-order valence-electron chi connectivity index (χ1n) is 6.20. The largest absolute Gasteiger partial charge is 0.481 e. The molecule has 1 N–H and O–H groups in total. The Balaban J connectivity index is 2.29. The Bertz CT molecular complexity index is 458.